The van der Waals surface area contributed by atoms with Crippen molar-refractivity contribution in [3.8, 4) is 0 Å². The van der Waals surface area contributed by atoms with Gasteiger partial charge in [0.15, 0.2) is 5.78 Å². The maximum Gasteiger partial charge on any atom is 0.154 e. The standard InChI is InChI=1S/C16H16FNO/c17-14-8-6-13(7-9-14)11-16(19)15(18)10-12-4-2-1-3-5-12/h1-9,15H,10-11,18H2. The van der Waals surface area contributed by atoms with E-state index in [0.29, 0.717) is 6.42 Å². The summed E-state index contributed by atoms with van der Waals surface area (Å²) in [5.74, 6) is -0.333. The third-order valence-corrected chi connectivity index (χ3v) is 3.00. The fraction of sp³-hybridized carbons (Fsp3) is 0.188. The zero-order chi connectivity index (χ0) is 13.7. The summed E-state index contributed by atoms with van der Waals surface area (Å²) in [4.78, 5) is 12.0. The van der Waals surface area contributed by atoms with Gasteiger partial charge < -0.3 is 5.73 Å². The summed E-state index contributed by atoms with van der Waals surface area (Å²) in [6.45, 7) is 0. The first-order valence-corrected chi connectivity index (χ1v) is 6.22. The first-order chi connectivity index (χ1) is 9.15. The predicted octanol–water partition coefficient (Wildman–Crippen LogP) is 2.51. The summed E-state index contributed by atoms with van der Waals surface area (Å²) in [6, 6.07) is 15.1. The Balaban J connectivity index is 1.94. The monoisotopic (exact) mass is 257 g/mol. The van der Waals surface area contributed by atoms with Crippen LogP contribution in [-0.2, 0) is 17.6 Å². The van der Waals surface area contributed by atoms with Crippen molar-refractivity contribution in [2.24, 2.45) is 5.73 Å². The van der Waals surface area contributed by atoms with Gasteiger partial charge in [0.25, 0.3) is 0 Å². The van der Waals surface area contributed by atoms with Crippen molar-refractivity contribution in [1.29, 1.82) is 0 Å². The van der Waals surface area contributed by atoms with E-state index in [0.717, 1.165) is 11.1 Å². The largest absolute Gasteiger partial charge is 0.321 e. The molecule has 2 nitrogen and oxygen atoms in total. The highest BCUT2D eigenvalue weighted by Crippen LogP contribution is 2.07. The quantitative estimate of drug-likeness (QED) is 0.894. The molecule has 0 aromatic heterocycles. The van der Waals surface area contributed by atoms with Crippen LogP contribution >= 0.6 is 0 Å². The number of Topliss-reactive ketones (excluding diaryl/α,β-unsaturated/α-hetero) is 1. The molecule has 0 radical (unpaired) electrons. The lowest BCUT2D eigenvalue weighted by Crippen LogP contribution is -2.33. The Bertz CT molecular complexity index is 536. The molecule has 0 amide bonds. The second kappa shape index (κ2) is 6.25. The van der Waals surface area contributed by atoms with Crippen LogP contribution < -0.4 is 5.73 Å². The molecule has 2 aromatic rings. The van der Waals surface area contributed by atoms with Crippen molar-refractivity contribution in [1.82, 2.24) is 0 Å². The number of halogens is 1. The highest BCUT2D eigenvalue weighted by Gasteiger charge is 2.14. The first-order valence-electron chi connectivity index (χ1n) is 6.22. The summed E-state index contributed by atoms with van der Waals surface area (Å²) in [5.41, 5.74) is 7.73. The Morgan fingerprint density at radius 2 is 1.63 bits per heavy atom. The Labute approximate surface area is 112 Å². The summed E-state index contributed by atoms with van der Waals surface area (Å²) < 4.78 is 12.8. The zero-order valence-electron chi connectivity index (χ0n) is 10.6. The van der Waals surface area contributed by atoms with Crippen LogP contribution in [0.15, 0.2) is 54.6 Å². The number of nitrogens with two attached hydrogens (primary N) is 1. The van der Waals surface area contributed by atoms with E-state index in [1.54, 1.807) is 12.1 Å². The minimum Gasteiger partial charge on any atom is -0.321 e. The molecule has 0 aliphatic heterocycles. The molecule has 0 saturated heterocycles. The van der Waals surface area contributed by atoms with Gasteiger partial charge in [-0.25, -0.2) is 4.39 Å². The summed E-state index contributed by atoms with van der Waals surface area (Å²) in [6.07, 6.45) is 0.773. The fourth-order valence-electron chi connectivity index (χ4n) is 1.92. The van der Waals surface area contributed by atoms with Crippen LogP contribution in [0.3, 0.4) is 0 Å². The van der Waals surface area contributed by atoms with Crippen LogP contribution in [0.5, 0.6) is 0 Å². The van der Waals surface area contributed by atoms with E-state index in [2.05, 4.69) is 0 Å². The highest BCUT2D eigenvalue weighted by atomic mass is 19.1. The molecule has 1 unspecified atom stereocenters. The Kier molecular flexibility index (Phi) is 4.42. The minimum absolute atomic E-state index is 0.0320. The number of ketones is 1. The van der Waals surface area contributed by atoms with Crippen molar-refractivity contribution < 1.29 is 9.18 Å². The second-order valence-electron chi connectivity index (χ2n) is 4.57. The SMILES string of the molecule is NC(Cc1ccccc1)C(=O)Cc1ccc(F)cc1. The number of hydrogen-bond donors (Lipinski definition) is 1. The van der Waals surface area contributed by atoms with E-state index in [-0.39, 0.29) is 18.0 Å². The molecule has 2 N–H and O–H groups in total. The van der Waals surface area contributed by atoms with Gasteiger partial charge in [0, 0.05) is 6.42 Å². The molecule has 0 bridgehead atoms. The van der Waals surface area contributed by atoms with Gasteiger partial charge >= 0.3 is 0 Å². The molecule has 0 fully saturated rings. The molecule has 98 valence electrons. The fourth-order valence-corrected chi connectivity index (χ4v) is 1.92. The van der Waals surface area contributed by atoms with Crippen LogP contribution in [0.2, 0.25) is 0 Å². The lowest BCUT2D eigenvalue weighted by atomic mass is 9.98. The maximum absolute atomic E-state index is 12.8. The van der Waals surface area contributed by atoms with E-state index in [1.165, 1.54) is 12.1 Å². The van der Waals surface area contributed by atoms with E-state index in [4.69, 9.17) is 5.73 Å². The van der Waals surface area contributed by atoms with Gasteiger partial charge in [0.1, 0.15) is 5.82 Å². The maximum atomic E-state index is 12.8. The van der Waals surface area contributed by atoms with Gasteiger partial charge in [-0.1, -0.05) is 42.5 Å². The van der Waals surface area contributed by atoms with Gasteiger partial charge in [0.2, 0.25) is 0 Å². The average Bonchev–Trinajstić information content (AvgIpc) is 2.42. The summed E-state index contributed by atoms with van der Waals surface area (Å²) >= 11 is 0. The number of rotatable bonds is 5. The smallest absolute Gasteiger partial charge is 0.154 e. The van der Waals surface area contributed by atoms with E-state index >= 15 is 0 Å². The van der Waals surface area contributed by atoms with Crippen LogP contribution in [0.1, 0.15) is 11.1 Å². The van der Waals surface area contributed by atoms with E-state index in [9.17, 15) is 9.18 Å². The topological polar surface area (TPSA) is 43.1 Å². The molecule has 1 atom stereocenters. The molecule has 0 aliphatic carbocycles. The third kappa shape index (κ3) is 4.00. The molecule has 3 heteroatoms. The van der Waals surface area contributed by atoms with E-state index in [1.807, 2.05) is 30.3 Å². The summed E-state index contributed by atoms with van der Waals surface area (Å²) in [5, 5.41) is 0. The van der Waals surface area contributed by atoms with Crippen LogP contribution in [-0.4, -0.2) is 11.8 Å². The number of carbonyl (C=O) groups is 1. The van der Waals surface area contributed by atoms with Crippen molar-refractivity contribution >= 4 is 5.78 Å². The lowest BCUT2D eigenvalue weighted by Gasteiger charge is -2.10. The number of hydrogen-bond acceptors (Lipinski definition) is 2. The highest BCUT2D eigenvalue weighted by molar-refractivity contribution is 5.86. The minimum atomic E-state index is -0.521. The molecule has 0 spiro atoms. The van der Waals surface area contributed by atoms with Crippen molar-refractivity contribution in [2.45, 2.75) is 18.9 Å². The first kappa shape index (κ1) is 13.4. The Morgan fingerprint density at radius 1 is 1.00 bits per heavy atom. The van der Waals surface area contributed by atoms with Crippen LogP contribution in [0.25, 0.3) is 0 Å². The zero-order valence-corrected chi connectivity index (χ0v) is 10.6. The number of benzene rings is 2. The molecule has 0 heterocycles. The second-order valence-corrected chi connectivity index (χ2v) is 4.57. The van der Waals surface area contributed by atoms with Crippen LogP contribution in [0, 0.1) is 5.82 Å². The number of carbonyl (C=O) groups excluding carboxylic acids is 1. The van der Waals surface area contributed by atoms with Gasteiger partial charge in [0.05, 0.1) is 6.04 Å². The van der Waals surface area contributed by atoms with Crippen molar-refractivity contribution in [2.75, 3.05) is 0 Å². The molecule has 0 saturated carbocycles. The molecular formula is C16H16FNO. The normalized spacial score (nSPS) is 12.1. The Morgan fingerprint density at radius 3 is 2.26 bits per heavy atom. The van der Waals surface area contributed by atoms with Crippen molar-refractivity contribution in [3.05, 3.63) is 71.5 Å². The Hall–Kier alpha value is -2.00. The molecule has 2 rings (SSSR count). The molecule has 2 aromatic carbocycles. The van der Waals surface area contributed by atoms with E-state index < -0.39 is 6.04 Å². The summed E-state index contributed by atoms with van der Waals surface area (Å²) in [7, 11) is 0. The molecule has 19 heavy (non-hydrogen) atoms. The van der Waals surface area contributed by atoms with Crippen LogP contribution in [0.4, 0.5) is 4.39 Å². The van der Waals surface area contributed by atoms with Gasteiger partial charge in [-0.3, -0.25) is 4.79 Å². The van der Waals surface area contributed by atoms with Crippen molar-refractivity contribution in [3.63, 3.8) is 0 Å². The third-order valence-electron chi connectivity index (χ3n) is 3.00. The molecule has 0 aliphatic rings. The average molecular weight is 257 g/mol. The molecular weight excluding hydrogens is 241 g/mol. The predicted molar refractivity (Wildman–Crippen MR) is 73.2 cm³/mol. The van der Waals surface area contributed by atoms with Gasteiger partial charge in [-0.15, -0.1) is 0 Å². The van der Waals surface area contributed by atoms with Gasteiger partial charge in [-0.05, 0) is 29.7 Å². The van der Waals surface area contributed by atoms with Gasteiger partial charge in [-0.2, -0.15) is 0 Å². The lowest BCUT2D eigenvalue weighted by molar-refractivity contribution is -0.119.